The van der Waals surface area contributed by atoms with E-state index in [-0.39, 0.29) is 12.1 Å². The van der Waals surface area contributed by atoms with Gasteiger partial charge in [-0.25, -0.2) is 23.1 Å². The molecule has 0 aromatic carbocycles. The lowest BCUT2D eigenvalue weighted by Gasteiger charge is -2.28. The number of sulfonamides is 1. The number of nitrogens with one attached hydrogen (secondary N) is 1. The van der Waals surface area contributed by atoms with Crippen molar-refractivity contribution in [2.75, 3.05) is 0 Å². The van der Waals surface area contributed by atoms with E-state index in [0.717, 1.165) is 25.7 Å². The highest BCUT2D eigenvalue weighted by Gasteiger charge is 2.27. The van der Waals surface area contributed by atoms with E-state index in [2.05, 4.69) is 14.7 Å². The summed E-state index contributed by atoms with van der Waals surface area (Å²) in [4.78, 5) is 8.08. The van der Waals surface area contributed by atoms with Crippen LogP contribution in [0.5, 0.6) is 6.01 Å². The van der Waals surface area contributed by atoms with Crippen LogP contribution in [0.15, 0.2) is 40.2 Å². The summed E-state index contributed by atoms with van der Waals surface area (Å²) in [6.07, 6.45) is 6.41. The Bertz CT molecular complexity index is 681. The van der Waals surface area contributed by atoms with Crippen molar-refractivity contribution < 1.29 is 13.2 Å². The number of hydrogen-bond donors (Lipinski definition) is 1. The van der Waals surface area contributed by atoms with Gasteiger partial charge in [0.05, 0.1) is 0 Å². The predicted molar refractivity (Wildman–Crippen MR) is 83.3 cm³/mol. The van der Waals surface area contributed by atoms with Gasteiger partial charge >= 0.3 is 6.01 Å². The first kappa shape index (κ1) is 15.4. The zero-order valence-corrected chi connectivity index (χ0v) is 13.5. The monoisotopic (exact) mass is 339 g/mol. The summed E-state index contributed by atoms with van der Waals surface area (Å²) in [6, 6.07) is 5.44. The molecule has 0 aliphatic heterocycles. The molecule has 0 spiro atoms. The summed E-state index contributed by atoms with van der Waals surface area (Å²) in [5.74, 6) is 0. The van der Waals surface area contributed by atoms with E-state index >= 15 is 0 Å². The molecule has 2 aromatic rings. The molecule has 0 unspecified atom stereocenters. The summed E-state index contributed by atoms with van der Waals surface area (Å²) in [5.41, 5.74) is 0. The molecule has 0 bridgehead atoms. The van der Waals surface area contributed by atoms with Gasteiger partial charge in [0.15, 0.2) is 0 Å². The predicted octanol–water partition coefficient (Wildman–Crippen LogP) is 2.21. The molecule has 1 aliphatic carbocycles. The van der Waals surface area contributed by atoms with Crippen molar-refractivity contribution in [3.63, 3.8) is 0 Å². The van der Waals surface area contributed by atoms with E-state index in [0.29, 0.717) is 10.2 Å². The molecule has 0 saturated heterocycles. The first-order valence-electron chi connectivity index (χ1n) is 7.13. The third kappa shape index (κ3) is 3.82. The summed E-state index contributed by atoms with van der Waals surface area (Å²) in [6.45, 7) is 0. The first-order chi connectivity index (χ1) is 10.6. The average Bonchev–Trinajstić information content (AvgIpc) is 3.05. The molecule has 2 heterocycles. The fraction of sp³-hybridized carbons (Fsp3) is 0.429. The number of rotatable bonds is 5. The number of ether oxygens (including phenoxy) is 1. The second-order valence-electron chi connectivity index (χ2n) is 5.18. The third-order valence-corrected chi connectivity index (χ3v) is 6.49. The third-order valence-electron chi connectivity index (χ3n) is 3.57. The van der Waals surface area contributed by atoms with Gasteiger partial charge in [0.25, 0.3) is 0 Å². The quantitative estimate of drug-likeness (QED) is 0.903. The minimum absolute atomic E-state index is 0.0383. The van der Waals surface area contributed by atoms with Gasteiger partial charge in [0.2, 0.25) is 10.0 Å². The Kier molecular flexibility index (Phi) is 4.70. The Balaban J connectivity index is 1.52. The van der Waals surface area contributed by atoms with E-state index in [1.54, 1.807) is 36.0 Å². The Labute approximate surface area is 133 Å². The highest BCUT2D eigenvalue weighted by Crippen LogP contribution is 2.24. The molecule has 2 aromatic heterocycles. The summed E-state index contributed by atoms with van der Waals surface area (Å²) in [7, 11) is -3.39. The zero-order valence-electron chi connectivity index (χ0n) is 11.9. The maximum atomic E-state index is 12.2. The van der Waals surface area contributed by atoms with Crippen LogP contribution in [-0.2, 0) is 10.0 Å². The molecule has 1 N–H and O–H groups in total. The maximum Gasteiger partial charge on any atom is 0.316 e. The van der Waals surface area contributed by atoms with Crippen molar-refractivity contribution in [1.82, 2.24) is 14.7 Å². The second-order valence-corrected chi connectivity index (χ2v) is 8.06. The highest BCUT2D eigenvalue weighted by atomic mass is 32.2. The van der Waals surface area contributed by atoms with Gasteiger partial charge in [-0.1, -0.05) is 6.07 Å². The lowest BCUT2D eigenvalue weighted by Crippen LogP contribution is -2.39. The Hall–Kier alpha value is -1.51. The average molecular weight is 339 g/mol. The highest BCUT2D eigenvalue weighted by molar-refractivity contribution is 7.91. The van der Waals surface area contributed by atoms with Crippen molar-refractivity contribution in [2.24, 2.45) is 0 Å². The van der Waals surface area contributed by atoms with E-state index in [9.17, 15) is 8.42 Å². The van der Waals surface area contributed by atoms with E-state index < -0.39 is 10.0 Å². The van der Waals surface area contributed by atoms with Crippen molar-refractivity contribution in [3.05, 3.63) is 36.0 Å². The van der Waals surface area contributed by atoms with Gasteiger partial charge in [-0.15, -0.1) is 11.3 Å². The van der Waals surface area contributed by atoms with Crippen LogP contribution < -0.4 is 9.46 Å². The molecule has 1 fully saturated rings. The molecule has 6 nitrogen and oxygen atoms in total. The van der Waals surface area contributed by atoms with Crippen molar-refractivity contribution in [3.8, 4) is 6.01 Å². The van der Waals surface area contributed by atoms with Crippen LogP contribution in [-0.4, -0.2) is 30.5 Å². The minimum atomic E-state index is -3.39. The summed E-state index contributed by atoms with van der Waals surface area (Å²) in [5, 5.41) is 1.76. The Morgan fingerprint density at radius 3 is 2.50 bits per heavy atom. The molecule has 3 rings (SSSR count). The fourth-order valence-electron chi connectivity index (χ4n) is 2.49. The van der Waals surface area contributed by atoms with Crippen LogP contribution in [0, 0.1) is 0 Å². The molecule has 0 atom stereocenters. The molecular weight excluding hydrogens is 322 g/mol. The molecule has 1 aliphatic rings. The SMILES string of the molecule is O=S(=O)(NC1CCC(Oc2ncccn2)CC1)c1cccs1. The number of aromatic nitrogens is 2. The molecule has 22 heavy (non-hydrogen) atoms. The Morgan fingerprint density at radius 1 is 1.14 bits per heavy atom. The van der Waals surface area contributed by atoms with Crippen molar-refractivity contribution >= 4 is 21.4 Å². The molecule has 1 saturated carbocycles. The van der Waals surface area contributed by atoms with E-state index in [1.165, 1.54) is 11.3 Å². The van der Waals surface area contributed by atoms with Gasteiger partial charge in [0.1, 0.15) is 10.3 Å². The van der Waals surface area contributed by atoms with Crippen molar-refractivity contribution in [2.45, 2.75) is 42.0 Å². The van der Waals surface area contributed by atoms with Crippen molar-refractivity contribution in [1.29, 1.82) is 0 Å². The van der Waals surface area contributed by atoms with Crippen LogP contribution >= 0.6 is 11.3 Å². The van der Waals surface area contributed by atoms with Gasteiger partial charge in [0, 0.05) is 18.4 Å². The number of nitrogens with zero attached hydrogens (tertiary/aromatic N) is 2. The van der Waals surface area contributed by atoms with Crippen LogP contribution in [0.3, 0.4) is 0 Å². The summed E-state index contributed by atoms with van der Waals surface area (Å²) >= 11 is 1.23. The number of hydrogen-bond acceptors (Lipinski definition) is 6. The normalized spacial score (nSPS) is 22.4. The maximum absolute atomic E-state index is 12.2. The zero-order chi connectivity index (χ0) is 15.4. The van der Waals surface area contributed by atoms with Gasteiger partial charge in [-0.2, -0.15) is 0 Å². The summed E-state index contributed by atoms with van der Waals surface area (Å²) < 4.78 is 33.2. The van der Waals surface area contributed by atoms with Gasteiger partial charge in [-0.3, -0.25) is 0 Å². The number of thiophene rings is 1. The fourth-order valence-corrected chi connectivity index (χ4v) is 4.80. The van der Waals surface area contributed by atoms with Gasteiger partial charge in [-0.05, 0) is 43.2 Å². The molecule has 0 amide bonds. The molecule has 8 heteroatoms. The smallest absolute Gasteiger partial charge is 0.316 e. The standard InChI is InChI=1S/C14H17N3O3S2/c18-22(19,13-3-1-10-21-13)17-11-4-6-12(7-5-11)20-14-15-8-2-9-16-14/h1-3,8-12,17H,4-7H2. The first-order valence-corrected chi connectivity index (χ1v) is 9.49. The lowest BCUT2D eigenvalue weighted by atomic mass is 9.94. The van der Waals surface area contributed by atoms with Crippen LogP contribution in [0.1, 0.15) is 25.7 Å². The molecular formula is C14H17N3O3S2. The second kappa shape index (κ2) is 6.72. The van der Waals surface area contributed by atoms with Crippen LogP contribution in [0.4, 0.5) is 0 Å². The van der Waals surface area contributed by atoms with E-state index in [1.807, 2.05) is 0 Å². The van der Waals surface area contributed by atoms with E-state index in [4.69, 9.17) is 4.74 Å². The molecule has 0 radical (unpaired) electrons. The van der Waals surface area contributed by atoms with Gasteiger partial charge < -0.3 is 4.74 Å². The Morgan fingerprint density at radius 2 is 1.86 bits per heavy atom. The lowest BCUT2D eigenvalue weighted by molar-refractivity contribution is 0.132. The largest absolute Gasteiger partial charge is 0.460 e. The topological polar surface area (TPSA) is 81.2 Å². The molecule has 118 valence electrons. The minimum Gasteiger partial charge on any atom is -0.460 e. The van der Waals surface area contributed by atoms with Crippen LogP contribution in [0.2, 0.25) is 0 Å². The van der Waals surface area contributed by atoms with Crippen LogP contribution in [0.25, 0.3) is 0 Å².